The van der Waals surface area contributed by atoms with E-state index in [1.807, 2.05) is 12.4 Å². The van der Waals surface area contributed by atoms with Gasteiger partial charge in [0.1, 0.15) is 0 Å². The lowest BCUT2D eigenvalue weighted by molar-refractivity contribution is 0.376. The van der Waals surface area contributed by atoms with E-state index >= 15 is 0 Å². The molecule has 0 saturated carbocycles. The molecule has 0 saturated heterocycles. The molecule has 4 heterocycles. The molecule has 0 radical (unpaired) electrons. The highest BCUT2D eigenvalue weighted by molar-refractivity contribution is 5.85. The van der Waals surface area contributed by atoms with Crippen LogP contribution in [0.5, 0.6) is 0 Å². The number of nitrogens with one attached hydrogen (secondary N) is 2. The Kier molecular flexibility index (Phi) is 1.97. The smallest absolute Gasteiger partial charge is 0.0521 e. The number of rotatable bonds is 0. The third kappa shape index (κ3) is 1.30. The highest BCUT2D eigenvalue weighted by Gasteiger charge is 2.35. The molecule has 0 aliphatic carbocycles. The van der Waals surface area contributed by atoms with Crippen LogP contribution in [-0.2, 0) is 12.8 Å². The lowest BCUT2D eigenvalue weighted by Crippen LogP contribution is -2.38. The van der Waals surface area contributed by atoms with E-state index in [0.29, 0.717) is 12.1 Å². The molecule has 98 valence electrons. The van der Waals surface area contributed by atoms with E-state index in [2.05, 4.69) is 45.6 Å². The molecule has 2 N–H and O–H groups in total. The zero-order chi connectivity index (χ0) is 13.1. The van der Waals surface area contributed by atoms with E-state index < -0.39 is 0 Å². The normalized spacial score (nSPS) is 23.4. The molecule has 3 aromatic rings. The first kappa shape index (κ1) is 10.6. The Labute approximate surface area is 117 Å². The average molecular weight is 261 g/mol. The summed E-state index contributed by atoms with van der Waals surface area (Å²) in [6.45, 7) is 0. The van der Waals surface area contributed by atoms with Crippen molar-refractivity contribution in [3.05, 3.63) is 65.1 Å². The molecular formula is C17H15N3. The molecule has 5 rings (SSSR count). The highest BCUT2D eigenvalue weighted by Crippen LogP contribution is 2.41. The van der Waals surface area contributed by atoms with Gasteiger partial charge in [0.2, 0.25) is 0 Å². The van der Waals surface area contributed by atoms with E-state index in [1.165, 1.54) is 33.3 Å². The summed E-state index contributed by atoms with van der Waals surface area (Å²) in [5.74, 6) is 0. The molecule has 2 aliphatic rings. The lowest BCUT2D eigenvalue weighted by atomic mass is 9.81. The monoisotopic (exact) mass is 261 g/mol. The van der Waals surface area contributed by atoms with Crippen molar-refractivity contribution in [1.29, 1.82) is 0 Å². The molecule has 2 bridgehead atoms. The van der Waals surface area contributed by atoms with E-state index in [-0.39, 0.29) is 0 Å². The van der Waals surface area contributed by atoms with Crippen LogP contribution in [0.2, 0.25) is 0 Å². The molecule has 0 unspecified atom stereocenters. The molecule has 2 aromatic heterocycles. The number of H-pyrrole nitrogens is 1. The topological polar surface area (TPSA) is 40.7 Å². The Morgan fingerprint density at radius 1 is 1.05 bits per heavy atom. The minimum atomic E-state index is 0.407. The summed E-state index contributed by atoms with van der Waals surface area (Å²) in [5, 5.41) is 5.14. The summed E-state index contributed by atoms with van der Waals surface area (Å²) in [6, 6.07) is 11.6. The molecular weight excluding hydrogens is 246 g/mol. The van der Waals surface area contributed by atoms with Crippen molar-refractivity contribution in [2.45, 2.75) is 24.9 Å². The predicted octanol–water partition coefficient (Wildman–Crippen LogP) is 3.05. The van der Waals surface area contributed by atoms with Gasteiger partial charge in [-0.25, -0.2) is 0 Å². The van der Waals surface area contributed by atoms with E-state index in [9.17, 15) is 0 Å². The van der Waals surface area contributed by atoms with Crippen LogP contribution >= 0.6 is 0 Å². The number of aromatic amines is 1. The molecule has 3 heteroatoms. The van der Waals surface area contributed by atoms with Crippen LogP contribution in [-0.4, -0.2) is 9.97 Å². The molecule has 0 amide bonds. The first-order valence-electron chi connectivity index (χ1n) is 7.18. The highest BCUT2D eigenvalue weighted by atomic mass is 15.0. The number of aromatic nitrogens is 2. The number of hydrogen-bond acceptors (Lipinski definition) is 2. The van der Waals surface area contributed by atoms with Crippen molar-refractivity contribution < 1.29 is 0 Å². The second-order valence-corrected chi connectivity index (χ2v) is 5.82. The molecule has 2 atom stereocenters. The number of fused-ring (bicyclic) bond motifs is 8. The average Bonchev–Trinajstić information content (AvgIpc) is 2.87. The number of hydrogen-bond donors (Lipinski definition) is 2. The Morgan fingerprint density at radius 2 is 2.00 bits per heavy atom. The fourth-order valence-corrected chi connectivity index (χ4v) is 3.84. The number of benzene rings is 1. The molecule has 0 fully saturated rings. The van der Waals surface area contributed by atoms with Crippen molar-refractivity contribution in [2.24, 2.45) is 0 Å². The van der Waals surface area contributed by atoms with Crippen LogP contribution in [0.4, 0.5) is 0 Å². The van der Waals surface area contributed by atoms with Gasteiger partial charge in [-0.2, -0.15) is 0 Å². The molecule has 0 spiro atoms. The zero-order valence-corrected chi connectivity index (χ0v) is 11.1. The third-order valence-electron chi connectivity index (χ3n) is 4.75. The van der Waals surface area contributed by atoms with Gasteiger partial charge >= 0.3 is 0 Å². The SMILES string of the molecule is c1ccc2c3c([nH]c2c1)[C@@H]1Cc2ccncc2[C@H](C3)N1. The zero-order valence-electron chi connectivity index (χ0n) is 11.1. The molecule has 1 aromatic carbocycles. The first-order valence-corrected chi connectivity index (χ1v) is 7.18. The van der Waals surface area contributed by atoms with Crippen molar-refractivity contribution in [3.63, 3.8) is 0 Å². The standard InChI is InChI=1S/C17H15N3/c1-2-4-14-11(3-1)12-8-15-13-9-18-6-5-10(13)7-16(19-15)17(12)20-14/h1-6,9,15-16,19-20H,7-8H2/t15-,16-/m0/s1. The number of pyridine rings is 1. The summed E-state index contributed by atoms with van der Waals surface area (Å²) >= 11 is 0. The first-order chi connectivity index (χ1) is 9.90. The third-order valence-corrected chi connectivity index (χ3v) is 4.75. The van der Waals surface area contributed by atoms with Gasteiger partial charge in [-0.1, -0.05) is 18.2 Å². The summed E-state index contributed by atoms with van der Waals surface area (Å²) in [5.41, 5.74) is 6.94. The Balaban J connectivity index is 1.74. The van der Waals surface area contributed by atoms with Crippen LogP contribution in [0.1, 0.15) is 34.5 Å². The van der Waals surface area contributed by atoms with E-state index in [0.717, 1.165) is 12.8 Å². The van der Waals surface area contributed by atoms with Crippen LogP contribution in [0.25, 0.3) is 10.9 Å². The Hall–Kier alpha value is -2.13. The van der Waals surface area contributed by atoms with Crippen LogP contribution in [0.15, 0.2) is 42.7 Å². The van der Waals surface area contributed by atoms with Crippen LogP contribution in [0.3, 0.4) is 0 Å². The Bertz CT molecular complexity index is 818. The second-order valence-electron chi connectivity index (χ2n) is 5.82. The summed E-state index contributed by atoms with van der Waals surface area (Å²) in [4.78, 5) is 7.93. The fourth-order valence-electron chi connectivity index (χ4n) is 3.84. The van der Waals surface area contributed by atoms with Gasteiger partial charge in [-0.05, 0) is 41.7 Å². The van der Waals surface area contributed by atoms with Gasteiger partial charge in [0, 0.05) is 35.0 Å². The van der Waals surface area contributed by atoms with E-state index in [4.69, 9.17) is 0 Å². The second kappa shape index (κ2) is 3.70. The van der Waals surface area contributed by atoms with Crippen LogP contribution in [0, 0.1) is 0 Å². The van der Waals surface area contributed by atoms with Gasteiger partial charge in [0.05, 0.1) is 6.04 Å². The largest absolute Gasteiger partial charge is 0.357 e. The predicted molar refractivity (Wildman–Crippen MR) is 78.6 cm³/mol. The maximum Gasteiger partial charge on any atom is 0.0521 e. The van der Waals surface area contributed by atoms with Gasteiger partial charge in [-0.15, -0.1) is 0 Å². The van der Waals surface area contributed by atoms with Gasteiger partial charge in [0.15, 0.2) is 0 Å². The summed E-state index contributed by atoms with van der Waals surface area (Å²) in [7, 11) is 0. The van der Waals surface area contributed by atoms with Crippen molar-refractivity contribution in [3.8, 4) is 0 Å². The summed E-state index contributed by atoms with van der Waals surface area (Å²) in [6.07, 6.45) is 6.04. The van der Waals surface area contributed by atoms with Crippen molar-refractivity contribution >= 4 is 10.9 Å². The minimum absolute atomic E-state index is 0.407. The molecule has 20 heavy (non-hydrogen) atoms. The van der Waals surface area contributed by atoms with Crippen molar-refractivity contribution in [1.82, 2.24) is 15.3 Å². The van der Waals surface area contributed by atoms with Gasteiger partial charge < -0.3 is 10.3 Å². The maximum atomic E-state index is 4.30. The molecule has 2 aliphatic heterocycles. The summed E-state index contributed by atoms with van der Waals surface area (Å²) < 4.78 is 0. The quantitative estimate of drug-likeness (QED) is 0.653. The lowest BCUT2D eigenvalue weighted by Gasteiger charge is -2.37. The van der Waals surface area contributed by atoms with Crippen molar-refractivity contribution in [2.75, 3.05) is 0 Å². The molecule has 3 nitrogen and oxygen atoms in total. The van der Waals surface area contributed by atoms with E-state index in [1.54, 1.807) is 0 Å². The van der Waals surface area contributed by atoms with Gasteiger partial charge in [-0.3, -0.25) is 4.98 Å². The number of nitrogens with zero attached hydrogens (tertiary/aromatic N) is 1. The van der Waals surface area contributed by atoms with Gasteiger partial charge in [0.25, 0.3) is 0 Å². The fraction of sp³-hybridized carbons (Fsp3) is 0.235. The maximum absolute atomic E-state index is 4.30. The number of para-hydroxylation sites is 1. The Morgan fingerprint density at radius 3 is 3.00 bits per heavy atom. The minimum Gasteiger partial charge on any atom is -0.357 e. The van der Waals surface area contributed by atoms with Crippen LogP contribution < -0.4 is 5.32 Å².